The molecule has 3 aromatic rings. The highest BCUT2D eigenvalue weighted by atomic mass is 32.2. The molecule has 110 valence electrons. The molecule has 3 rings (SSSR count). The second-order valence-corrected chi connectivity index (χ2v) is 5.53. The second-order valence-electron chi connectivity index (χ2n) is 4.65. The molecule has 0 spiro atoms. The maximum atomic E-state index is 12.4. The molecule has 0 unspecified atom stereocenters. The number of rotatable bonds is 4. The van der Waals surface area contributed by atoms with Crippen LogP contribution in [0.5, 0.6) is 0 Å². The lowest BCUT2D eigenvalue weighted by atomic mass is 10.2. The molecule has 1 amide bonds. The number of nitrogens with zero attached hydrogens (tertiary/aromatic N) is 2. The minimum absolute atomic E-state index is 0.132. The van der Waals surface area contributed by atoms with Crippen LogP contribution >= 0.6 is 11.8 Å². The normalized spacial score (nSPS) is 10.4. The van der Waals surface area contributed by atoms with E-state index in [-0.39, 0.29) is 5.91 Å². The topological polar surface area (TPSA) is 46.9 Å². The summed E-state index contributed by atoms with van der Waals surface area (Å²) in [5, 5.41) is 7.16. The SMILES string of the molecule is CSc1ccc(C(=O)Nc2ccccc2-n2cccn2)cc1. The van der Waals surface area contributed by atoms with Crippen molar-refractivity contribution in [3.05, 3.63) is 72.6 Å². The van der Waals surface area contributed by atoms with Gasteiger partial charge < -0.3 is 5.32 Å². The Morgan fingerprint density at radius 2 is 1.86 bits per heavy atom. The van der Waals surface area contributed by atoms with Crippen LogP contribution in [0, 0.1) is 0 Å². The summed E-state index contributed by atoms with van der Waals surface area (Å²) in [5.74, 6) is -0.132. The predicted molar refractivity (Wildman–Crippen MR) is 89.7 cm³/mol. The lowest BCUT2D eigenvalue weighted by Crippen LogP contribution is -2.13. The molecule has 4 nitrogen and oxygen atoms in total. The van der Waals surface area contributed by atoms with Gasteiger partial charge in [0.1, 0.15) is 0 Å². The molecule has 0 saturated carbocycles. The zero-order valence-electron chi connectivity index (χ0n) is 12.1. The van der Waals surface area contributed by atoms with E-state index in [1.807, 2.05) is 67.0 Å². The summed E-state index contributed by atoms with van der Waals surface area (Å²) in [6.07, 6.45) is 5.56. The number of nitrogens with one attached hydrogen (secondary N) is 1. The first-order valence-electron chi connectivity index (χ1n) is 6.82. The fourth-order valence-electron chi connectivity index (χ4n) is 2.13. The lowest BCUT2D eigenvalue weighted by Gasteiger charge is -2.11. The molecule has 5 heteroatoms. The summed E-state index contributed by atoms with van der Waals surface area (Å²) < 4.78 is 1.73. The van der Waals surface area contributed by atoms with E-state index in [1.54, 1.807) is 22.6 Å². The average Bonchev–Trinajstić information content (AvgIpc) is 3.10. The smallest absolute Gasteiger partial charge is 0.255 e. The van der Waals surface area contributed by atoms with Crippen LogP contribution in [0.15, 0.2) is 71.9 Å². The van der Waals surface area contributed by atoms with Crippen LogP contribution in [0.25, 0.3) is 5.69 Å². The number of aromatic nitrogens is 2. The van der Waals surface area contributed by atoms with Gasteiger partial charge in [-0.15, -0.1) is 11.8 Å². The number of carbonyl (C=O) groups is 1. The Morgan fingerprint density at radius 3 is 2.55 bits per heavy atom. The van der Waals surface area contributed by atoms with E-state index in [1.165, 1.54) is 0 Å². The molecule has 0 atom stereocenters. The van der Waals surface area contributed by atoms with Crippen LogP contribution < -0.4 is 5.32 Å². The number of hydrogen-bond donors (Lipinski definition) is 1. The molecule has 0 aliphatic rings. The Morgan fingerprint density at radius 1 is 1.09 bits per heavy atom. The number of thioether (sulfide) groups is 1. The molecule has 0 aliphatic carbocycles. The van der Waals surface area contributed by atoms with E-state index < -0.39 is 0 Å². The molecule has 0 fully saturated rings. The van der Waals surface area contributed by atoms with E-state index in [4.69, 9.17) is 0 Å². The van der Waals surface area contributed by atoms with Gasteiger partial charge in [0, 0.05) is 22.9 Å². The Labute approximate surface area is 133 Å². The zero-order chi connectivity index (χ0) is 15.4. The van der Waals surface area contributed by atoms with Crippen LogP contribution in [0.2, 0.25) is 0 Å². The summed E-state index contributed by atoms with van der Waals surface area (Å²) in [5.41, 5.74) is 2.19. The summed E-state index contributed by atoms with van der Waals surface area (Å²) >= 11 is 1.65. The largest absolute Gasteiger partial charge is 0.320 e. The van der Waals surface area contributed by atoms with Gasteiger partial charge in [0.2, 0.25) is 0 Å². The zero-order valence-corrected chi connectivity index (χ0v) is 12.9. The molecule has 0 aliphatic heterocycles. The Kier molecular flexibility index (Phi) is 4.25. The van der Waals surface area contributed by atoms with Gasteiger partial charge in [-0.25, -0.2) is 4.68 Å². The van der Waals surface area contributed by atoms with Crippen LogP contribution in [0.3, 0.4) is 0 Å². The van der Waals surface area contributed by atoms with Gasteiger partial charge in [-0.2, -0.15) is 5.10 Å². The summed E-state index contributed by atoms with van der Waals surface area (Å²) in [7, 11) is 0. The third kappa shape index (κ3) is 3.04. The highest BCUT2D eigenvalue weighted by Gasteiger charge is 2.10. The van der Waals surface area contributed by atoms with Crippen LogP contribution in [0.4, 0.5) is 5.69 Å². The molecule has 22 heavy (non-hydrogen) atoms. The van der Waals surface area contributed by atoms with Crippen molar-refractivity contribution in [3.8, 4) is 5.69 Å². The van der Waals surface area contributed by atoms with Gasteiger partial charge in [0.05, 0.1) is 11.4 Å². The third-order valence-electron chi connectivity index (χ3n) is 3.26. The maximum Gasteiger partial charge on any atom is 0.255 e. The summed E-state index contributed by atoms with van der Waals surface area (Å²) in [4.78, 5) is 13.5. The van der Waals surface area contributed by atoms with Gasteiger partial charge in [-0.3, -0.25) is 4.79 Å². The van der Waals surface area contributed by atoms with Crippen molar-refractivity contribution in [1.82, 2.24) is 9.78 Å². The van der Waals surface area contributed by atoms with Gasteiger partial charge in [0.15, 0.2) is 0 Å². The van der Waals surface area contributed by atoms with Crippen LogP contribution in [-0.2, 0) is 0 Å². The molecule has 0 radical (unpaired) electrons. The van der Waals surface area contributed by atoms with Gasteiger partial charge >= 0.3 is 0 Å². The fraction of sp³-hybridized carbons (Fsp3) is 0.0588. The van der Waals surface area contributed by atoms with Crippen molar-refractivity contribution in [2.45, 2.75) is 4.90 Å². The average molecular weight is 309 g/mol. The van der Waals surface area contributed by atoms with Crippen LogP contribution in [-0.4, -0.2) is 21.9 Å². The van der Waals surface area contributed by atoms with E-state index in [9.17, 15) is 4.79 Å². The van der Waals surface area contributed by atoms with Crippen molar-refractivity contribution in [1.29, 1.82) is 0 Å². The standard InChI is InChI=1S/C17H15N3OS/c1-22-14-9-7-13(8-10-14)17(21)19-15-5-2-3-6-16(15)20-12-4-11-18-20/h2-12H,1H3,(H,19,21). The summed E-state index contributed by atoms with van der Waals surface area (Å²) in [6, 6.07) is 17.0. The predicted octanol–water partition coefficient (Wildman–Crippen LogP) is 3.85. The molecule has 1 aromatic heterocycles. The quantitative estimate of drug-likeness (QED) is 0.745. The number of carbonyl (C=O) groups excluding carboxylic acids is 1. The minimum Gasteiger partial charge on any atom is -0.320 e. The number of para-hydroxylation sites is 2. The maximum absolute atomic E-state index is 12.4. The molecular weight excluding hydrogens is 294 g/mol. The fourth-order valence-corrected chi connectivity index (χ4v) is 2.54. The van der Waals surface area contributed by atoms with E-state index in [2.05, 4.69) is 10.4 Å². The number of benzene rings is 2. The lowest BCUT2D eigenvalue weighted by molar-refractivity contribution is 0.102. The van der Waals surface area contributed by atoms with Crippen molar-refractivity contribution in [3.63, 3.8) is 0 Å². The first-order valence-corrected chi connectivity index (χ1v) is 8.05. The van der Waals surface area contributed by atoms with Gasteiger partial charge in [-0.05, 0) is 48.7 Å². The first-order chi connectivity index (χ1) is 10.8. The monoisotopic (exact) mass is 309 g/mol. The number of anilines is 1. The molecule has 2 aromatic carbocycles. The number of amides is 1. The van der Waals surface area contributed by atoms with Crippen molar-refractivity contribution < 1.29 is 4.79 Å². The Hall–Kier alpha value is -2.53. The highest BCUT2D eigenvalue weighted by molar-refractivity contribution is 7.98. The third-order valence-corrected chi connectivity index (χ3v) is 4.00. The first kappa shape index (κ1) is 14.4. The van der Waals surface area contributed by atoms with Gasteiger partial charge in [-0.1, -0.05) is 12.1 Å². The minimum atomic E-state index is -0.132. The Bertz CT molecular complexity index is 767. The molecule has 1 N–H and O–H groups in total. The van der Waals surface area contributed by atoms with Crippen LogP contribution in [0.1, 0.15) is 10.4 Å². The summed E-state index contributed by atoms with van der Waals surface area (Å²) in [6.45, 7) is 0. The number of hydrogen-bond acceptors (Lipinski definition) is 3. The molecule has 0 bridgehead atoms. The Balaban J connectivity index is 1.85. The van der Waals surface area contributed by atoms with Crippen molar-refractivity contribution >= 4 is 23.4 Å². The van der Waals surface area contributed by atoms with Crippen molar-refractivity contribution in [2.75, 3.05) is 11.6 Å². The van der Waals surface area contributed by atoms with E-state index >= 15 is 0 Å². The van der Waals surface area contributed by atoms with Gasteiger partial charge in [0.25, 0.3) is 5.91 Å². The highest BCUT2D eigenvalue weighted by Crippen LogP contribution is 2.20. The van der Waals surface area contributed by atoms with E-state index in [0.717, 1.165) is 16.3 Å². The van der Waals surface area contributed by atoms with E-state index in [0.29, 0.717) is 5.56 Å². The molecule has 0 saturated heterocycles. The molecular formula is C17H15N3OS. The second kappa shape index (κ2) is 6.49. The van der Waals surface area contributed by atoms with Crippen molar-refractivity contribution in [2.24, 2.45) is 0 Å². The molecule has 1 heterocycles.